The van der Waals surface area contributed by atoms with Crippen LogP contribution >= 0.6 is 0 Å². The Labute approximate surface area is 109 Å². The average molecular weight is 250 g/mol. The van der Waals surface area contributed by atoms with Gasteiger partial charge in [0.25, 0.3) is 0 Å². The van der Waals surface area contributed by atoms with Gasteiger partial charge in [0.2, 0.25) is 5.91 Å². The maximum atomic E-state index is 11.6. The van der Waals surface area contributed by atoms with Crippen LogP contribution in [0.3, 0.4) is 0 Å². The van der Waals surface area contributed by atoms with E-state index in [4.69, 9.17) is 0 Å². The second-order valence-electron chi connectivity index (χ2n) is 4.02. The van der Waals surface area contributed by atoms with E-state index in [1.54, 1.807) is 0 Å². The standard InChI is InChI=1S/C13H22N4O/c1-4-15-13(18)10-17(5-2)12-7-6-11(8-14-3)9-16-12/h6-7,9,14H,4-5,8,10H2,1-3H3,(H,15,18). The Morgan fingerprint density at radius 3 is 2.67 bits per heavy atom. The molecule has 0 aliphatic heterocycles. The van der Waals surface area contributed by atoms with E-state index >= 15 is 0 Å². The molecule has 0 radical (unpaired) electrons. The number of carbonyl (C=O) groups is 1. The first-order chi connectivity index (χ1) is 8.71. The number of nitrogens with zero attached hydrogens (tertiary/aromatic N) is 2. The number of amides is 1. The number of carbonyl (C=O) groups excluding carboxylic acids is 1. The fraction of sp³-hybridized carbons (Fsp3) is 0.538. The van der Waals surface area contributed by atoms with Gasteiger partial charge in [0.1, 0.15) is 5.82 Å². The molecule has 0 saturated carbocycles. The third-order valence-corrected chi connectivity index (χ3v) is 2.60. The zero-order valence-electron chi connectivity index (χ0n) is 11.4. The number of anilines is 1. The van der Waals surface area contributed by atoms with Crippen molar-refractivity contribution in [2.75, 3.05) is 31.6 Å². The topological polar surface area (TPSA) is 57.3 Å². The van der Waals surface area contributed by atoms with Crippen molar-refractivity contribution in [2.24, 2.45) is 0 Å². The van der Waals surface area contributed by atoms with Crippen molar-refractivity contribution in [2.45, 2.75) is 20.4 Å². The lowest BCUT2D eigenvalue weighted by atomic mass is 10.2. The zero-order valence-corrected chi connectivity index (χ0v) is 11.4. The minimum Gasteiger partial charge on any atom is -0.355 e. The van der Waals surface area contributed by atoms with Crippen molar-refractivity contribution in [3.8, 4) is 0 Å². The predicted octanol–water partition coefficient (Wildman–Crippen LogP) is 0.763. The normalized spacial score (nSPS) is 10.2. The number of pyridine rings is 1. The van der Waals surface area contributed by atoms with E-state index in [0.717, 1.165) is 24.5 Å². The molecule has 0 aliphatic carbocycles. The van der Waals surface area contributed by atoms with E-state index in [9.17, 15) is 4.79 Å². The fourth-order valence-electron chi connectivity index (χ4n) is 1.69. The van der Waals surface area contributed by atoms with Gasteiger partial charge in [-0.15, -0.1) is 0 Å². The summed E-state index contributed by atoms with van der Waals surface area (Å²) in [4.78, 5) is 17.9. The summed E-state index contributed by atoms with van der Waals surface area (Å²) < 4.78 is 0. The highest BCUT2D eigenvalue weighted by Crippen LogP contribution is 2.10. The van der Waals surface area contributed by atoms with E-state index < -0.39 is 0 Å². The molecule has 1 heterocycles. The van der Waals surface area contributed by atoms with Gasteiger partial charge in [0.05, 0.1) is 6.54 Å². The molecule has 100 valence electrons. The fourth-order valence-corrected chi connectivity index (χ4v) is 1.69. The van der Waals surface area contributed by atoms with Crippen LogP contribution in [-0.4, -0.2) is 37.6 Å². The lowest BCUT2D eigenvalue weighted by molar-refractivity contribution is -0.119. The van der Waals surface area contributed by atoms with E-state index in [-0.39, 0.29) is 5.91 Å². The maximum absolute atomic E-state index is 11.6. The van der Waals surface area contributed by atoms with Crippen LogP contribution in [0.2, 0.25) is 0 Å². The van der Waals surface area contributed by atoms with Gasteiger partial charge in [-0.1, -0.05) is 6.07 Å². The first-order valence-electron chi connectivity index (χ1n) is 6.32. The van der Waals surface area contributed by atoms with Crippen molar-refractivity contribution in [1.82, 2.24) is 15.6 Å². The Morgan fingerprint density at radius 2 is 2.17 bits per heavy atom. The summed E-state index contributed by atoms with van der Waals surface area (Å²) in [7, 11) is 1.90. The molecule has 1 rings (SSSR count). The molecule has 5 nitrogen and oxygen atoms in total. The molecule has 1 amide bonds. The third kappa shape index (κ3) is 4.33. The largest absolute Gasteiger partial charge is 0.355 e. The van der Waals surface area contributed by atoms with E-state index in [1.165, 1.54) is 0 Å². The molecule has 5 heteroatoms. The third-order valence-electron chi connectivity index (χ3n) is 2.60. The van der Waals surface area contributed by atoms with Crippen LogP contribution in [0, 0.1) is 0 Å². The number of rotatable bonds is 7. The van der Waals surface area contributed by atoms with E-state index in [0.29, 0.717) is 13.1 Å². The zero-order chi connectivity index (χ0) is 13.4. The molecule has 0 fully saturated rings. The van der Waals surface area contributed by atoms with Gasteiger partial charge in [-0.2, -0.15) is 0 Å². The first kappa shape index (κ1) is 14.4. The van der Waals surface area contributed by atoms with Gasteiger partial charge in [0, 0.05) is 25.8 Å². The molecule has 0 aliphatic rings. The molecule has 0 aromatic carbocycles. The number of likely N-dealkylation sites (N-methyl/N-ethyl adjacent to an activating group) is 2. The molecule has 18 heavy (non-hydrogen) atoms. The Bertz CT molecular complexity index is 364. The summed E-state index contributed by atoms with van der Waals surface area (Å²) in [6.07, 6.45) is 1.84. The number of aromatic nitrogens is 1. The molecule has 0 atom stereocenters. The average Bonchev–Trinajstić information content (AvgIpc) is 2.38. The molecule has 1 aromatic rings. The van der Waals surface area contributed by atoms with Gasteiger partial charge in [-0.3, -0.25) is 4.79 Å². The Hall–Kier alpha value is -1.62. The van der Waals surface area contributed by atoms with Crippen LogP contribution in [0.4, 0.5) is 5.82 Å². The molecule has 0 bridgehead atoms. The summed E-state index contributed by atoms with van der Waals surface area (Å²) in [5.74, 6) is 0.865. The second-order valence-corrected chi connectivity index (χ2v) is 4.02. The van der Waals surface area contributed by atoms with Crippen molar-refractivity contribution < 1.29 is 4.79 Å². The van der Waals surface area contributed by atoms with Gasteiger partial charge < -0.3 is 15.5 Å². The van der Waals surface area contributed by atoms with Crippen molar-refractivity contribution in [3.05, 3.63) is 23.9 Å². The Balaban J connectivity index is 2.66. The van der Waals surface area contributed by atoms with Crippen LogP contribution in [0.5, 0.6) is 0 Å². The number of hydrogen-bond acceptors (Lipinski definition) is 4. The van der Waals surface area contributed by atoms with Gasteiger partial charge in [0.15, 0.2) is 0 Å². The predicted molar refractivity (Wildman–Crippen MR) is 73.6 cm³/mol. The highest BCUT2D eigenvalue weighted by molar-refractivity contribution is 5.80. The summed E-state index contributed by atoms with van der Waals surface area (Å²) >= 11 is 0. The second kappa shape index (κ2) is 7.66. The molecule has 0 unspecified atom stereocenters. The maximum Gasteiger partial charge on any atom is 0.239 e. The van der Waals surface area contributed by atoms with Gasteiger partial charge >= 0.3 is 0 Å². The molecular formula is C13H22N4O. The quantitative estimate of drug-likeness (QED) is 0.750. The van der Waals surface area contributed by atoms with Crippen molar-refractivity contribution in [3.63, 3.8) is 0 Å². The molecule has 0 saturated heterocycles. The van der Waals surface area contributed by atoms with Crippen LogP contribution in [0.1, 0.15) is 19.4 Å². The minimum atomic E-state index is 0.0282. The highest BCUT2D eigenvalue weighted by atomic mass is 16.2. The summed E-state index contributed by atoms with van der Waals surface area (Å²) in [6, 6.07) is 3.98. The minimum absolute atomic E-state index is 0.0282. The summed E-state index contributed by atoms with van der Waals surface area (Å²) in [5.41, 5.74) is 1.13. The molecular weight excluding hydrogens is 228 g/mol. The lowest BCUT2D eigenvalue weighted by Crippen LogP contribution is -2.37. The molecule has 1 aromatic heterocycles. The Morgan fingerprint density at radius 1 is 1.39 bits per heavy atom. The highest BCUT2D eigenvalue weighted by Gasteiger charge is 2.10. The van der Waals surface area contributed by atoms with Crippen LogP contribution in [-0.2, 0) is 11.3 Å². The first-order valence-corrected chi connectivity index (χ1v) is 6.32. The molecule has 0 spiro atoms. The van der Waals surface area contributed by atoms with Crippen molar-refractivity contribution in [1.29, 1.82) is 0 Å². The number of hydrogen-bond donors (Lipinski definition) is 2. The van der Waals surface area contributed by atoms with Crippen LogP contribution in [0.25, 0.3) is 0 Å². The monoisotopic (exact) mass is 250 g/mol. The lowest BCUT2D eigenvalue weighted by Gasteiger charge is -2.21. The summed E-state index contributed by atoms with van der Waals surface area (Å²) in [5, 5.41) is 5.87. The van der Waals surface area contributed by atoms with E-state index in [2.05, 4.69) is 15.6 Å². The molecule has 2 N–H and O–H groups in total. The van der Waals surface area contributed by atoms with Crippen LogP contribution in [0.15, 0.2) is 18.3 Å². The van der Waals surface area contributed by atoms with Gasteiger partial charge in [-0.25, -0.2) is 4.98 Å². The van der Waals surface area contributed by atoms with E-state index in [1.807, 2.05) is 44.1 Å². The SMILES string of the molecule is CCNC(=O)CN(CC)c1ccc(CNC)cn1. The van der Waals surface area contributed by atoms with Gasteiger partial charge in [-0.05, 0) is 32.5 Å². The van der Waals surface area contributed by atoms with Crippen LogP contribution < -0.4 is 15.5 Å². The Kier molecular flexibility index (Phi) is 6.14. The van der Waals surface area contributed by atoms with Crippen molar-refractivity contribution >= 4 is 11.7 Å². The summed E-state index contributed by atoms with van der Waals surface area (Å²) in [6.45, 7) is 6.50. The number of nitrogens with one attached hydrogen (secondary N) is 2. The smallest absolute Gasteiger partial charge is 0.239 e.